The average molecular weight is 246 g/mol. The van der Waals surface area contributed by atoms with E-state index in [0.29, 0.717) is 6.54 Å². The number of aromatic nitrogens is 5. The number of rotatable bonds is 3. The van der Waals surface area contributed by atoms with Gasteiger partial charge >= 0.3 is 0 Å². The summed E-state index contributed by atoms with van der Waals surface area (Å²) in [4.78, 5) is 7.57. The molecule has 0 saturated carbocycles. The molecule has 0 saturated heterocycles. The lowest BCUT2D eigenvalue weighted by atomic mass is 10.2. The normalized spacial score (nSPS) is 10.9. The van der Waals surface area contributed by atoms with Gasteiger partial charge in [0.1, 0.15) is 5.82 Å². The van der Waals surface area contributed by atoms with E-state index in [4.69, 9.17) is 0 Å². The number of H-pyrrole nitrogens is 1. The van der Waals surface area contributed by atoms with Gasteiger partial charge in [0.2, 0.25) is 5.13 Å². The molecule has 0 atom stereocenters. The molecule has 2 heterocycles. The lowest BCUT2D eigenvalue weighted by Crippen LogP contribution is -1.98. The van der Waals surface area contributed by atoms with Crippen molar-refractivity contribution in [2.24, 2.45) is 0 Å². The molecule has 0 unspecified atom stereocenters. The topological polar surface area (TPSA) is 79.4 Å². The van der Waals surface area contributed by atoms with Gasteiger partial charge in [0.15, 0.2) is 0 Å². The molecule has 0 aliphatic rings. The van der Waals surface area contributed by atoms with Crippen molar-refractivity contribution < 1.29 is 0 Å². The highest BCUT2D eigenvalue weighted by molar-refractivity contribution is 7.09. The second-order valence-electron chi connectivity index (χ2n) is 3.69. The molecule has 0 bridgehead atoms. The van der Waals surface area contributed by atoms with Crippen molar-refractivity contribution in [2.45, 2.75) is 13.5 Å². The van der Waals surface area contributed by atoms with E-state index in [1.807, 2.05) is 19.1 Å². The Morgan fingerprint density at radius 3 is 3.18 bits per heavy atom. The minimum absolute atomic E-state index is 0.699. The first-order valence-corrected chi connectivity index (χ1v) is 5.93. The summed E-state index contributed by atoms with van der Waals surface area (Å²) in [5, 5.41) is 11.2. The van der Waals surface area contributed by atoms with E-state index in [1.54, 1.807) is 0 Å². The van der Waals surface area contributed by atoms with E-state index >= 15 is 0 Å². The van der Waals surface area contributed by atoms with Crippen molar-refractivity contribution in [3.63, 3.8) is 0 Å². The van der Waals surface area contributed by atoms with Gasteiger partial charge in [-0.1, -0.05) is 15.7 Å². The number of hydrogen-bond acceptors (Lipinski definition) is 6. The molecule has 86 valence electrons. The van der Waals surface area contributed by atoms with Crippen molar-refractivity contribution in [3.8, 4) is 0 Å². The zero-order valence-corrected chi connectivity index (χ0v) is 9.95. The number of imidazole rings is 1. The van der Waals surface area contributed by atoms with Crippen LogP contribution in [0.3, 0.4) is 0 Å². The Morgan fingerprint density at radius 1 is 1.41 bits per heavy atom. The maximum Gasteiger partial charge on any atom is 0.225 e. The number of aromatic amines is 1. The number of benzene rings is 1. The highest BCUT2D eigenvalue weighted by Crippen LogP contribution is 2.15. The van der Waals surface area contributed by atoms with Crippen LogP contribution in [0.4, 0.5) is 5.13 Å². The maximum atomic E-state index is 4.36. The Bertz CT molecular complexity index is 629. The minimum atomic E-state index is 0.699. The maximum absolute atomic E-state index is 4.36. The van der Waals surface area contributed by atoms with Crippen molar-refractivity contribution in [1.29, 1.82) is 0 Å². The number of anilines is 1. The summed E-state index contributed by atoms with van der Waals surface area (Å²) in [6, 6.07) is 6.13. The first kappa shape index (κ1) is 10.2. The van der Waals surface area contributed by atoms with Gasteiger partial charge in [-0.15, -0.1) is 0 Å². The van der Waals surface area contributed by atoms with Crippen LogP contribution in [0.1, 0.15) is 11.4 Å². The van der Waals surface area contributed by atoms with Crippen molar-refractivity contribution in [1.82, 2.24) is 24.8 Å². The summed E-state index contributed by atoms with van der Waals surface area (Å²) in [6.07, 6.45) is 0. The van der Waals surface area contributed by atoms with Crippen LogP contribution in [0.5, 0.6) is 0 Å². The Labute approximate surface area is 101 Å². The molecule has 0 fully saturated rings. The van der Waals surface area contributed by atoms with Crippen molar-refractivity contribution in [3.05, 3.63) is 29.6 Å². The van der Waals surface area contributed by atoms with Gasteiger partial charge in [0.25, 0.3) is 0 Å². The fourth-order valence-corrected chi connectivity index (χ4v) is 2.03. The Kier molecular flexibility index (Phi) is 2.45. The third kappa shape index (κ3) is 2.09. The quantitative estimate of drug-likeness (QED) is 0.735. The molecule has 7 heteroatoms. The molecule has 6 nitrogen and oxygen atoms in total. The van der Waals surface area contributed by atoms with Crippen LogP contribution in [-0.4, -0.2) is 24.8 Å². The molecule has 0 aliphatic carbocycles. The van der Waals surface area contributed by atoms with Crippen LogP contribution in [0.2, 0.25) is 0 Å². The summed E-state index contributed by atoms with van der Waals surface area (Å²) in [6.45, 7) is 2.65. The third-order valence-corrected chi connectivity index (χ3v) is 2.96. The van der Waals surface area contributed by atoms with Gasteiger partial charge in [-0.25, -0.2) is 4.98 Å². The van der Waals surface area contributed by atoms with Crippen LogP contribution in [0.15, 0.2) is 18.2 Å². The van der Waals surface area contributed by atoms with Gasteiger partial charge in [-0.05, 0) is 29.8 Å². The largest absolute Gasteiger partial charge is 0.355 e. The molecule has 2 N–H and O–H groups in total. The summed E-state index contributed by atoms with van der Waals surface area (Å²) in [5.74, 6) is 0.929. The van der Waals surface area contributed by atoms with E-state index < -0.39 is 0 Å². The van der Waals surface area contributed by atoms with Gasteiger partial charge in [0, 0.05) is 18.1 Å². The monoisotopic (exact) mass is 246 g/mol. The second-order valence-corrected chi connectivity index (χ2v) is 4.43. The van der Waals surface area contributed by atoms with Crippen molar-refractivity contribution in [2.75, 3.05) is 5.32 Å². The van der Waals surface area contributed by atoms with Crippen LogP contribution in [-0.2, 0) is 6.54 Å². The van der Waals surface area contributed by atoms with Gasteiger partial charge < -0.3 is 10.3 Å². The Hall–Kier alpha value is -2.02. The number of fused-ring (bicyclic) bond motifs is 1. The van der Waals surface area contributed by atoms with Crippen LogP contribution in [0.25, 0.3) is 11.0 Å². The number of nitrogens with zero attached hydrogens (tertiary/aromatic N) is 4. The summed E-state index contributed by atoms with van der Waals surface area (Å²) < 4.78 is 3.69. The van der Waals surface area contributed by atoms with Gasteiger partial charge in [0.05, 0.1) is 11.0 Å². The molecular weight excluding hydrogens is 236 g/mol. The lowest BCUT2D eigenvalue weighted by molar-refractivity contribution is 0.951. The SMILES string of the molecule is Cc1nc2ccc(CNc3nnns3)cc2[nH]1. The van der Waals surface area contributed by atoms with E-state index in [1.165, 1.54) is 11.5 Å². The molecule has 2 aromatic heterocycles. The molecule has 3 rings (SSSR count). The van der Waals surface area contributed by atoms with E-state index in [0.717, 1.165) is 27.6 Å². The van der Waals surface area contributed by atoms with Crippen LogP contribution < -0.4 is 5.32 Å². The summed E-state index contributed by atoms with van der Waals surface area (Å²) >= 11 is 1.25. The van der Waals surface area contributed by atoms with Gasteiger partial charge in [-0.2, -0.15) is 0 Å². The molecule has 0 aliphatic heterocycles. The average Bonchev–Trinajstić information content (AvgIpc) is 2.92. The zero-order valence-electron chi connectivity index (χ0n) is 9.14. The van der Waals surface area contributed by atoms with Crippen molar-refractivity contribution >= 4 is 27.7 Å². The van der Waals surface area contributed by atoms with Gasteiger partial charge in [-0.3, -0.25) is 0 Å². The molecule has 0 radical (unpaired) electrons. The number of aryl methyl sites for hydroxylation is 1. The fraction of sp³-hybridized carbons (Fsp3) is 0.200. The highest BCUT2D eigenvalue weighted by Gasteiger charge is 2.02. The molecule has 17 heavy (non-hydrogen) atoms. The molecular formula is C10H10N6S. The first-order valence-electron chi connectivity index (χ1n) is 5.15. The Balaban J connectivity index is 1.81. The van der Waals surface area contributed by atoms with E-state index in [2.05, 4.69) is 36.2 Å². The minimum Gasteiger partial charge on any atom is -0.355 e. The van der Waals surface area contributed by atoms with Crippen LogP contribution in [0, 0.1) is 6.92 Å². The fourth-order valence-electron chi connectivity index (χ4n) is 1.67. The lowest BCUT2D eigenvalue weighted by Gasteiger charge is -2.01. The first-order chi connectivity index (χ1) is 8.31. The standard InChI is InChI=1S/C10H10N6S/c1-6-12-8-3-2-7(4-9(8)13-6)5-11-10-14-15-16-17-10/h2-4H,5H2,1H3,(H,12,13)(H,11,14,16). The molecule has 0 amide bonds. The smallest absolute Gasteiger partial charge is 0.225 e. The third-order valence-electron chi connectivity index (χ3n) is 2.41. The summed E-state index contributed by atoms with van der Waals surface area (Å²) in [7, 11) is 0. The highest BCUT2D eigenvalue weighted by atomic mass is 32.1. The van der Waals surface area contributed by atoms with E-state index in [9.17, 15) is 0 Å². The molecule has 0 spiro atoms. The predicted molar refractivity (Wildman–Crippen MR) is 65.9 cm³/mol. The number of nitrogens with one attached hydrogen (secondary N) is 2. The molecule has 1 aromatic carbocycles. The van der Waals surface area contributed by atoms with Crippen LogP contribution >= 0.6 is 11.5 Å². The zero-order chi connectivity index (χ0) is 11.7. The second kappa shape index (κ2) is 4.10. The Morgan fingerprint density at radius 2 is 2.35 bits per heavy atom. The number of hydrogen-bond donors (Lipinski definition) is 2. The van der Waals surface area contributed by atoms with E-state index in [-0.39, 0.29) is 0 Å². The molecule has 3 aromatic rings. The predicted octanol–water partition coefficient (Wildman–Crippen LogP) is 1.73. The summed E-state index contributed by atoms with van der Waals surface area (Å²) in [5.41, 5.74) is 3.21.